The monoisotopic (exact) mass is 74.0 g/mol. The highest BCUT2D eigenvalue weighted by molar-refractivity contribution is 4.12. The molecule has 0 atom stereocenters. The third kappa shape index (κ3) is 1.36. The minimum atomic E-state index is 1.00. The van der Waals surface area contributed by atoms with Crippen molar-refractivity contribution in [2.24, 2.45) is 0 Å². The molecule has 5 nitrogen and oxygen atoms in total. The Morgan fingerprint density at radius 2 is 1.60 bits per heavy atom. The highest BCUT2D eigenvalue weighted by atomic mass is 16.6. The van der Waals surface area contributed by atoms with Crippen molar-refractivity contribution in [1.82, 2.24) is 5.34 Å². The molecule has 0 aliphatic carbocycles. The quantitative estimate of drug-likeness (QED) is 0.222. The Kier molecular flexibility index (Phi) is 529. The molecule has 27 valence electrons. The van der Waals surface area contributed by atoms with Gasteiger partial charge in [0.15, 0.2) is 0 Å². The molecule has 0 fully saturated rings. The molecule has 5 heteroatoms. The topological polar surface area (TPSA) is 102 Å². The molecule has 0 saturated heterocycles. The van der Waals surface area contributed by atoms with E-state index >= 15 is 0 Å². The van der Waals surface area contributed by atoms with Crippen molar-refractivity contribution in [3.8, 4) is 0 Å². The summed E-state index contributed by atoms with van der Waals surface area (Å²) in [6.07, 6.45) is 0. The molecule has 0 aromatic heterocycles. The Bertz CT molecular complexity index is 29.1. The van der Waals surface area contributed by atoms with Crippen LogP contribution in [0.15, 0.2) is 0 Å². The van der Waals surface area contributed by atoms with Gasteiger partial charge in [0, 0.05) is 10.8 Å². The number of hydrogen-bond acceptors (Lipinski definition) is 5. The van der Waals surface area contributed by atoms with Crippen LogP contribution in [-0.2, 0) is 0 Å². The molecule has 0 aromatic carbocycles. The fourth-order valence-electron chi connectivity index (χ4n) is 0. The summed E-state index contributed by atoms with van der Waals surface area (Å²) < 4.78 is 0. The van der Waals surface area contributed by atoms with Crippen LogP contribution < -0.4 is 5.34 Å². The van der Waals surface area contributed by atoms with Gasteiger partial charge >= 0.3 is 5.34 Å². The van der Waals surface area contributed by atoms with Gasteiger partial charge in [0.25, 0.3) is 0 Å². The van der Waals surface area contributed by atoms with Crippen LogP contribution in [0.25, 0.3) is 0 Å². The molecule has 0 amide bonds. The van der Waals surface area contributed by atoms with Crippen LogP contribution in [0.1, 0.15) is 0 Å². The third-order valence-corrected chi connectivity index (χ3v) is 0. The van der Waals surface area contributed by atoms with Crippen molar-refractivity contribution >= 4 is 0 Å². The maximum Gasteiger partial charge on any atom is 0.387 e. The first kappa shape index (κ1) is 9.17. The number of nitrogens with zero attached hydrogens (tertiary/aromatic N) is 3. The molecule has 0 N–H and O–H groups in total. The van der Waals surface area contributed by atoms with Crippen molar-refractivity contribution < 1.29 is 0 Å². The van der Waals surface area contributed by atoms with Gasteiger partial charge in [0.1, 0.15) is 0 Å². The first-order valence-corrected chi connectivity index (χ1v) is 0.565. The average Bonchev–Trinajstić information content (AvgIpc) is 1.46. The van der Waals surface area contributed by atoms with E-state index in [1.54, 1.807) is 0 Å². The highest BCUT2D eigenvalue weighted by Gasteiger charge is 1.36. The van der Waals surface area contributed by atoms with Crippen molar-refractivity contribution in [1.29, 1.82) is 10.8 Å². The molecular weight excluding hydrogens is 74.0 g/mol. The Morgan fingerprint density at radius 1 is 1.60 bits per heavy atom. The summed E-state index contributed by atoms with van der Waals surface area (Å²) in [5, 5.41) is 21.0. The van der Waals surface area contributed by atoms with Crippen molar-refractivity contribution in [3.63, 3.8) is 0 Å². The molecular formula is N3O2. The first-order chi connectivity index (χ1) is 2.41. The lowest BCUT2D eigenvalue weighted by Crippen LogP contribution is -1.47. The van der Waals surface area contributed by atoms with E-state index in [4.69, 9.17) is 20.9 Å². The largest absolute Gasteiger partial charge is 0.387 e. The molecule has 0 aliphatic heterocycles. The predicted molar refractivity (Wildman–Crippen MR) is 12.3 cm³/mol. The first-order valence-electron chi connectivity index (χ1n) is 0.565. The zero-order chi connectivity index (χ0) is 4.71. The molecule has 0 bridgehead atoms. The molecule has 1 radical (unpaired) electrons. The van der Waals surface area contributed by atoms with Crippen LogP contribution in [0.4, 0.5) is 0 Å². The van der Waals surface area contributed by atoms with Gasteiger partial charge in [-0.3, -0.25) is 0 Å². The zero-order valence-electron chi connectivity index (χ0n) is 2.16. The molecule has 5 heavy (non-hydrogen) atoms. The van der Waals surface area contributed by atoms with Crippen LogP contribution in [0.5, 0.6) is 0 Å². The number of hydrogen-bond donors (Lipinski definition) is 0. The molecule has 0 rings (SSSR count). The molecule has 0 unspecified atom stereocenters. The van der Waals surface area contributed by atoms with Crippen molar-refractivity contribution in [2.45, 2.75) is 0 Å². The molecule has 0 aliphatic rings. The minimum Gasteiger partial charge on any atom is -0.194 e. The average molecular weight is 74.0 g/mol. The summed E-state index contributed by atoms with van der Waals surface area (Å²) in [7, 11) is 0. The second-order valence-electron chi connectivity index (χ2n) is 0.0745. The molecule has 0 saturated carbocycles. The standard InChI is InChI=1S/N2.NO2/c1-2;2-1-3. The van der Waals surface area contributed by atoms with Crippen LogP contribution in [0.3, 0.4) is 0 Å². The molecule has 0 heterocycles. The van der Waals surface area contributed by atoms with E-state index < -0.39 is 0 Å². The van der Waals surface area contributed by atoms with Crippen molar-refractivity contribution in [2.75, 3.05) is 0 Å². The second-order valence-corrected chi connectivity index (χ2v) is 0.0745. The van der Waals surface area contributed by atoms with E-state index in [0.717, 1.165) is 5.34 Å². The summed E-state index contributed by atoms with van der Waals surface area (Å²) in [6.45, 7) is 0. The van der Waals surface area contributed by atoms with Crippen LogP contribution in [0, 0.1) is 20.9 Å². The third-order valence-electron chi connectivity index (χ3n) is 0. The maximum atomic E-state index is 8.00. The second kappa shape index (κ2) is 288. The van der Waals surface area contributed by atoms with Gasteiger partial charge in [-0.2, -0.15) is 10.1 Å². The zero-order valence-corrected chi connectivity index (χ0v) is 2.16. The number of rotatable bonds is 0. The van der Waals surface area contributed by atoms with Crippen LogP contribution >= 0.6 is 0 Å². The molecule has 0 spiro atoms. The van der Waals surface area contributed by atoms with E-state index in [-0.39, 0.29) is 0 Å². The van der Waals surface area contributed by atoms with E-state index in [0.29, 0.717) is 0 Å². The van der Waals surface area contributed by atoms with Gasteiger partial charge in [-0.1, -0.05) is 0 Å². The maximum absolute atomic E-state index is 8.00. The summed E-state index contributed by atoms with van der Waals surface area (Å²) in [4.78, 5) is 8.00. The predicted octanol–water partition coefficient (Wildman–Crippen LogP) is -0.383. The van der Waals surface area contributed by atoms with Gasteiger partial charge in [0.05, 0.1) is 0 Å². The van der Waals surface area contributed by atoms with Gasteiger partial charge < -0.3 is 0 Å². The highest BCUT2D eigenvalue weighted by Crippen LogP contribution is 1.03. The Balaban J connectivity index is 0. The SMILES string of the molecule is N#N.O=[N+][O-]. The van der Waals surface area contributed by atoms with Crippen molar-refractivity contribution in [3.05, 3.63) is 10.1 Å². The lowest BCUT2D eigenvalue weighted by molar-refractivity contribution is 1.15. The minimum absolute atomic E-state index is 1.00. The summed E-state index contributed by atoms with van der Waals surface area (Å²) >= 11 is 0. The Morgan fingerprint density at radius 3 is 1.60 bits per heavy atom. The normalized spacial score (nSPS) is 2.80. The van der Waals surface area contributed by atoms with Gasteiger partial charge in [-0.15, -0.1) is 0 Å². The van der Waals surface area contributed by atoms with Crippen LogP contribution in [-0.4, -0.2) is 0 Å². The summed E-state index contributed by atoms with van der Waals surface area (Å²) in [5.74, 6) is 0. The van der Waals surface area contributed by atoms with E-state index in [9.17, 15) is 0 Å². The van der Waals surface area contributed by atoms with Gasteiger partial charge in [-0.05, 0) is 0 Å². The van der Waals surface area contributed by atoms with E-state index in [1.165, 1.54) is 0 Å². The van der Waals surface area contributed by atoms with E-state index in [2.05, 4.69) is 0 Å². The van der Waals surface area contributed by atoms with E-state index in [1.807, 2.05) is 0 Å². The summed E-state index contributed by atoms with van der Waals surface area (Å²) in [6, 6.07) is 0. The van der Waals surface area contributed by atoms with Gasteiger partial charge in [0.2, 0.25) is 0 Å². The lowest BCUT2D eigenvalue weighted by atomic mass is 13.4. The Labute approximate surface area is 27.6 Å². The lowest BCUT2D eigenvalue weighted by Gasteiger charge is -1.16. The van der Waals surface area contributed by atoms with Gasteiger partial charge in [-0.25, -0.2) is 0 Å². The Hall–Kier alpha value is -1.18. The fraction of sp³-hybridized carbons (Fsp3) is 0. The van der Waals surface area contributed by atoms with Crippen LogP contribution in [0.2, 0.25) is 0 Å². The summed E-state index contributed by atoms with van der Waals surface area (Å²) in [5.41, 5.74) is 0. The smallest absolute Gasteiger partial charge is 0.194 e. The fourth-order valence-corrected chi connectivity index (χ4v) is 0. The molecule has 0 aromatic rings.